The molecule has 112 valence electrons. The first-order valence-electron chi connectivity index (χ1n) is 8.09. The van der Waals surface area contributed by atoms with Gasteiger partial charge in [0, 0.05) is 12.6 Å². The zero-order valence-corrected chi connectivity index (χ0v) is 12.1. The second-order valence-corrected chi connectivity index (χ2v) is 6.47. The van der Waals surface area contributed by atoms with Crippen LogP contribution in [0.15, 0.2) is 0 Å². The van der Waals surface area contributed by atoms with Crippen LogP contribution in [0.2, 0.25) is 0 Å². The molecule has 0 aromatic heterocycles. The molecule has 1 saturated carbocycles. The molecular weight excluding hydrogens is 254 g/mol. The van der Waals surface area contributed by atoms with Crippen LogP contribution in [-0.2, 0) is 4.79 Å². The summed E-state index contributed by atoms with van der Waals surface area (Å²) in [7, 11) is 0. The van der Waals surface area contributed by atoms with E-state index in [1.165, 1.54) is 24.2 Å². The Morgan fingerprint density at radius 1 is 1.10 bits per heavy atom. The van der Waals surface area contributed by atoms with E-state index in [0.717, 1.165) is 45.1 Å². The first-order chi connectivity index (χ1) is 9.71. The maximum atomic E-state index is 12.6. The van der Waals surface area contributed by atoms with Gasteiger partial charge in [0.25, 0.3) is 5.91 Å². The minimum atomic E-state index is -0.560. The summed E-state index contributed by atoms with van der Waals surface area (Å²) in [5, 5.41) is 6.45. The Bertz CT molecular complexity index is 385. The van der Waals surface area contributed by atoms with Crippen LogP contribution in [0.4, 0.5) is 4.79 Å². The minimum absolute atomic E-state index is 0.0259. The highest BCUT2D eigenvalue weighted by Gasteiger charge is 2.50. The lowest BCUT2D eigenvalue weighted by atomic mass is 9.82. The van der Waals surface area contributed by atoms with Crippen molar-refractivity contribution in [2.75, 3.05) is 13.1 Å². The van der Waals surface area contributed by atoms with E-state index >= 15 is 0 Å². The Morgan fingerprint density at radius 2 is 1.90 bits per heavy atom. The lowest BCUT2D eigenvalue weighted by Gasteiger charge is -2.30. The largest absolute Gasteiger partial charge is 0.325 e. The van der Waals surface area contributed by atoms with E-state index in [-0.39, 0.29) is 11.9 Å². The molecule has 20 heavy (non-hydrogen) atoms. The van der Waals surface area contributed by atoms with Crippen LogP contribution in [0.1, 0.15) is 57.8 Å². The van der Waals surface area contributed by atoms with Gasteiger partial charge in [-0.15, -0.1) is 0 Å². The van der Waals surface area contributed by atoms with E-state index in [2.05, 4.69) is 10.6 Å². The van der Waals surface area contributed by atoms with Crippen molar-refractivity contribution in [3.63, 3.8) is 0 Å². The van der Waals surface area contributed by atoms with Gasteiger partial charge in [-0.2, -0.15) is 0 Å². The number of carbonyl (C=O) groups is 2. The summed E-state index contributed by atoms with van der Waals surface area (Å²) in [6, 6.07) is 0.292. The number of amides is 3. The Balaban J connectivity index is 1.58. The van der Waals surface area contributed by atoms with Crippen molar-refractivity contribution >= 4 is 11.9 Å². The highest BCUT2D eigenvalue weighted by Crippen LogP contribution is 2.33. The fourth-order valence-corrected chi connectivity index (χ4v) is 3.83. The monoisotopic (exact) mass is 279 g/mol. The molecule has 0 aromatic carbocycles. The topological polar surface area (TPSA) is 61.4 Å². The third-order valence-electron chi connectivity index (χ3n) is 5.07. The highest BCUT2D eigenvalue weighted by molar-refractivity contribution is 6.07. The van der Waals surface area contributed by atoms with E-state index in [4.69, 9.17) is 0 Å². The van der Waals surface area contributed by atoms with Gasteiger partial charge in [0.1, 0.15) is 5.54 Å². The summed E-state index contributed by atoms with van der Waals surface area (Å²) in [6.45, 7) is 1.62. The summed E-state index contributed by atoms with van der Waals surface area (Å²) in [4.78, 5) is 26.2. The molecule has 5 nitrogen and oxygen atoms in total. The van der Waals surface area contributed by atoms with Crippen molar-refractivity contribution in [2.45, 2.75) is 69.4 Å². The quantitative estimate of drug-likeness (QED) is 0.774. The molecule has 2 heterocycles. The van der Waals surface area contributed by atoms with Gasteiger partial charge in [-0.3, -0.25) is 9.69 Å². The van der Waals surface area contributed by atoms with Crippen LogP contribution in [0.3, 0.4) is 0 Å². The van der Waals surface area contributed by atoms with E-state index in [1.54, 1.807) is 0 Å². The molecule has 3 rings (SSSR count). The molecule has 3 aliphatic rings. The van der Waals surface area contributed by atoms with Gasteiger partial charge < -0.3 is 10.6 Å². The number of carbonyl (C=O) groups excluding carboxylic acids is 2. The van der Waals surface area contributed by atoms with Gasteiger partial charge in [0.05, 0.1) is 0 Å². The van der Waals surface area contributed by atoms with Crippen molar-refractivity contribution < 1.29 is 9.59 Å². The predicted octanol–water partition coefficient (Wildman–Crippen LogP) is 1.77. The van der Waals surface area contributed by atoms with E-state index in [1.807, 2.05) is 0 Å². The van der Waals surface area contributed by atoms with Crippen molar-refractivity contribution in [1.29, 1.82) is 0 Å². The summed E-state index contributed by atoms with van der Waals surface area (Å²) in [6.07, 6.45) is 9.44. The lowest BCUT2D eigenvalue weighted by molar-refractivity contribution is -0.132. The van der Waals surface area contributed by atoms with E-state index < -0.39 is 5.54 Å². The van der Waals surface area contributed by atoms with E-state index in [0.29, 0.717) is 12.6 Å². The maximum Gasteiger partial charge on any atom is 0.325 e. The SMILES string of the molecule is O=C1NC2(CCCCC2)C(=O)N1CCC1CCCCN1. The summed E-state index contributed by atoms with van der Waals surface area (Å²) in [5.41, 5.74) is -0.560. The Labute approximate surface area is 120 Å². The molecule has 5 heteroatoms. The second-order valence-electron chi connectivity index (χ2n) is 6.47. The molecule has 3 fully saturated rings. The first kappa shape index (κ1) is 13.9. The molecule has 2 aliphatic heterocycles. The molecule has 1 atom stereocenters. The lowest BCUT2D eigenvalue weighted by Crippen LogP contribution is -2.48. The van der Waals surface area contributed by atoms with Gasteiger partial charge in [0.2, 0.25) is 0 Å². The smallest absolute Gasteiger partial charge is 0.323 e. The zero-order valence-electron chi connectivity index (χ0n) is 12.1. The van der Waals surface area contributed by atoms with Crippen molar-refractivity contribution in [3.05, 3.63) is 0 Å². The minimum Gasteiger partial charge on any atom is -0.323 e. The maximum absolute atomic E-state index is 12.6. The molecule has 2 saturated heterocycles. The van der Waals surface area contributed by atoms with Gasteiger partial charge in [0.15, 0.2) is 0 Å². The number of nitrogens with one attached hydrogen (secondary N) is 2. The normalized spacial score (nSPS) is 29.8. The van der Waals surface area contributed by atoms with Gasteiger partial charge in [-0.05, 0) is 38.6 Å². The molecule has 0 bridgehead atoms. The Kier molecular flexibility index (Phi) is 3.96. The van der Waals surface area contributed by atoms with Crippen LogP contribution >= 0.6 is 0 Å². The predicted molar refractivity (Wildman–Crippen MR) is 76.3 cm³/mol. The summed E-state index contributed by atoms with van der Waals surface area (Å²) < 4.78 is 0. The summed E-state index contributed by atoms with van der Waals surface area (Å²) >= 11 is 0. The molecular formula is C15H25N3O2. The van der Waals surface area contributed by atoms with Crippen molar-refractivity contribution in [3.8, 4) is 0 Å². The number of piperidine rings is 1. The second kappa shape index (κ2) is 5.72. The number of imide groups is 1. The zero-order chi connectivity index (χ0) is 14.0. The molecule has 1 aliphatic carbocycles. The van der Waals surface area contributed by atoms with Crippen LogP contribution in [0.5, 0.6) is 0 Å². The first-order valence-corrected chi connectivity index (χ1v) is 8.09. The third-order valence-corrected chi connectivity index (χ3v) is 5.07. The highest BCUT2D eigenvalue weighted by atomic mass is 16.2. The Hall–Kier alpha value is -1.10. The van der Waals surface area contributed by atoms with Crippen LogP contribution in [0.25, 0.3) is 0 Å². The van der Waals surface area contributed by atoms with Crippen LogP contribution < -0.4 is 10.6 Å². The number of rotatable bonds is 3. The van der Waals surface area contributed by atoms with E-state index in [9.17, 15) is 9.59 Å². The summed E-state index contributed by atoms with van der Waals surface area (Å²) in [5.74, 6) is 0.0259. The van der Waals surface area contributed by atoms with Crippen molar-refractivity contribution in [2.24, 2.45) is 0 Å². The van der Waals surface area contributed by atoms with Crippen LogP contribution in [0, 0.1) is 0 Å². The average Bonchev–Trinajstić information content (AvgIpc) is 2.70. The average molecular weight is 279 g/mol. The molecule has 0 aromatic rings. The number of hydrogen-bond donors (Lipinski definition) is 2. The standard InChI is InChI=1S/C15H25N3O2/c19-13-15(8-3-1-4-9-15)17-14(20)18(13)11-7-12-6-2-5-10-16-12/h12,16H,1-11H2,(H,17,20). The van der Waals surface area contributed by atoms with Crippen molar-refractivity contribution in [1.82, 2.24) is 15.5 Å². The number of urea groups is 1. The number of nitrogens with zero attached hydrogens (tertiary/aromatic N) is 1. The van der Waals surface area contributed by atoms with Gasteiger partial charge in [-0.1, -0.05) is 25.7 Å². The molecule has 1 unspecified atom stereocenters. The van der Waals surface area contributed by atoms with Crippen LogP contribution in [-0.4, -0.2) is 41.5 Å². The molecule has 0 radical (unpaired) electrons. The third kappa shape index (κ3) is 2.55. The fourth-order valence-electron chi connectivity index (χ4n) is 3.83. The fraction of sp³-hybridized carbons (Fsp3) is 0.867. The number of hydrogen-bond acceptors (Lipinski definition) is 3. The Morgan fingerprint density at radius 3 is 2.60 bits per heavy atom. The van der Waals surface area contributed by atoms with Gasteiger partial charge in [-0.25, -0.2) is 4.79 Å². The molecule has 1 spiro atoms. The molecule has 2 N–H and O–H groups in total. The molecule has 3 amide bonds. The van der Waals surface area contributed by atoms with Gasteiger partial charge >= 0.3 is 6.03 Å².